The van der Waals surface area contributed by atoms with Crippen molar-refractivity contribution in [3.8, 4) is 0 Å². The highest BCUT2D eigenvalue weighted by Gasteiger charge is 2.19. The third-order valence-corrected chi connectivity index (χ3v) is 3.26. The molecule has 0 saturated heterocycles. The summed E-state index contributed by atoms with van der Waals surface area (Å²) in [4.78, 5) is 14.4. The van der Waals surface area contributed by atoms with Crippen LogP contribution in [0.3, 0.4) is 0 Å². The van der Waals surface area contributed by atoms with Gasteiger partial charge in [0.25, 0.3) is 6.43 Å². The normalized spacial score (nSPS) is 10.8. The molecule has 0 amide bonds. The van der Waals surface area contributed by atoms with Crippen molar-refractivity contribution < 1.29 is 18.7 Å². The van der Waals surface area contributed by atoms with Crippen molar-refractivity contribution >= 4 is 28.6 Å². The van der Waals surface area contributed by atoms with Gasteiger partial charge < -0.3 is 10.8 Å². The van der Waals surface area contributed by atoms with E-state index in [0.717, 1.165) is 6.20 Å². The Hall–Kier alpha value is -0.830. The third kappa shape index (κ3) is 2.85. The summed E-state index contributed by atoms with van der Waals surface area (Å²) in [6.45, 7) is 0.0299. The van der Waals surface area contributed by atoms with Gasteiger partial charge in [-0.05, 0) is 28.2 Å². The lowest BCUT2D eigenvalue weighted by Crippen LogP contribution is -2.12. The molecule has 16 heavy (non-hydrogen) atoms. The van der Waals surface area contributed by atoms with E-state index in [2.05, 4.69) is 4.98 Å². The Labute approximate surface area is 104 Å². The molecule has 0 radical (unpaired) electrons. The highest BCUT2D eigenvalue weighted by Crippen LogP contribution is 2.27. The maximum Gasteiger partial charge on any atom is 0.307 e. The lowest BCUT2D eigenvalue weighted by Gasteiger charge is -2.11. The Bertz CT molecular complexity index is 413. The average molecular weight is 342 g/mol. The SMILES string of the molecule is NCc1ncc(C(F)F)c(I)c1CC(=O)O. The number of carboxylic acid groups (broad SMARTS) is 1. The Morgan fingerprint density at radius 3 is 2.69 bits per heavy atom. The van der Waals surface area contributed by atoms with E-state index < -0.39 is 12.4 Å². The predicted octanol–water partition coefficient (Wildman–Crippen LogP) is 1.71. The van der Waals surface area contributed by atoms with Crippen molar-refractivity contribution in [3.05, 3.63) is 26.6 Å². The number of hydrogen-bond acceptors (Lipinski definition) is 3. The second-order valence-corrected chi connectivity index (χ2v) is 4.11. The standard InChI is InChI=1S/C9H9F2IN2O2/c10-9(11)5-3-14-6(2-13)4(8(5)12)1-7(15)16/h3,9H,1-2,13H2,(H,15,16). The molecule has 0 spiro atoms. The molecule has 4 nitrogen and oxygen atoms in total. The van der Waals surface area contributed by atoms with Crippen LogP contribution in [0.5, 0.6) is 0 Å². The van der Waals surface area contributed by atoms with Crippen molar-refractivity contribution in [2.75, 3.05) is 0 Å². The van der Waals surface area contributed by atoms with Crippen molar-refractivity contribution in [1.82, 2.24) is 4.98 Å². The molecule has 0 aliphatic heterocycles. The molecule has 1 heterocycles. The van der Waals surface area contributed by atoms with E-state index in [9.17, 15) is 13.6 Å². The first-order valence-electron chi connectivity index (χ1n) is 4.33. The van der Waals surface area contributed by atoms with Crippen molar-refractivity contribution in [1.29, 1.82) is 0 Å². The number of halogens is 3. The molecule has 0 aliphatic rings. The van der Waals surface area contributed by atoms with Crippen LogP contribution in [0.15, 0.2) is 6.20 Å². The van der Waals surface area contributed by atoms with Crippen LogP contribution in [0.25, 0.3) is 0 Å². The lowest BCUT2D eigenvalue weighted by molar-refractivity contribution is -0.136. The molecular formula is C9H9F2IN2O2. The summed E-state index contributed by atoms with van der Waals surface area (Å²) in [6.07, 6.45) is -1.97. The number of hydrogen-bond donors (Lipinski definition) is 2. The minimum atomic E-state index is -2.67. The molecule has 0 aromatic carbocycles. The minimum Gasteiger partial charge on any atom is -0.481 e. The summed E-state index contributed by atoms with van der Waals surface area (Å²) in [6, 6.07) is 0. The average Bonchev–Trinajstić information content (AvgIpc) is 2.19. The number of aliphatic carboxylic acids is 1. The quantitative estimate of drug-likeness (QED) is 0.817. The first kappa shape index (κ1) is 13.2. The van der Waals surface area contributed by atoms with Crippen LogP contribution in [0.1, 0.15) is 23.2 Å². The molecule has 1 aromatic rings. The number of pyridine rings is 1. The fraction of sp³-hybridized carbons (Fsp3) is 0.333. The highest BCUT2D eigenvalue weighted by atomic mass is 127. The Morgan fingerprint density at radius 2 is 2.25 bits per heavy atom. The van der Waals surface area contributed by atoms with Crippen LogP contribution in [0.2, 0.25) is 0 Å². The molecule has 88 valence electrons. The summed E-state index contributed by atoms with van der Waals surface area (Å²) >= 11 is 1.70. The van der Waals surface area contributed by atoms with Gasteiger partial charge in [-0.2, -0.15) is 0 Å². The minimum absolute atomic E-state index is 0.0299. The van der Waals surface area contributed by atoms with Gasteiger partial charge in [0.1, 0.15) is 0 Å². The van der Waals surface area contributed by atoms with E-state index in [4.69, 9.17) is 10.8 Å². The molecule has 0 atom stereocenters. The van der Waals surface area contributed by atoms with E-state index >= 15 is 0 Å². The van der Waals surface area contributed by atoms with Crippen molar-refractivity contribution in [2.45, 2.75) is 19.4 Å². The van der Waals surface area contributed by atoms with Gasteiger partial charge in [0.05, 0.1) is 12.1 Å². The number of rotatable bonds is 4. The number of alkyl halides is 2. The largest absolute Gasteiger partial charge is 0.481 e. The third-order valence-electron chi connectivity index (χ3n) is 1.98. The summed E-state index contributed by atoms with van der Waals surface area (Å²) in [5, 5.41) is 8.68. The number of nitrogens with two attached hydrogens (primary N) is 1. The molecule has 0 aliphatic carbocycles. The van der Waals surface area contributed by atoms with Gasteiger partial charge in [-0.15, -0.1) is 0 Å². The first-order valence-corrected chi connectivity index (χ1v) is 5.41. The van der Waals surface area contributed by atoms with Gasteiger partial charge in [0, 0.05) is 21.9 Å². The first-order chi connectivity index (χ1) is 7.47. The number of nitrogens with zero attached hydrogens (tertiary/aromatic N) is 1. The number of aromatic nitrogens is 1. The van der Waals surface area contributed by atoms with Gasteiger partial charge in [-0.3, -0.25) is 9.78 Å². The molecule has 7 heteroatoms. The molecule has 3 N–H and O–H groups in total. The Balaban J connectivity index is 3.28. The fourth-order valence-electron chi connectivity index (χ4n) is 1.24. The number of carbonyl (C=O) groups is 1. The smallest absolute Gasteiger partial charge is 0.307 e. The van der Waals surface area contributed by atoms with Gasteiger partial charge in [0.15, 0.2) is 0 Å². The zero-order valence-corrected chi connectivity index (χ0v) is 10.2. The summed E-state index contributed by atoms with van der Waals surface area (Å²) in [5.41, 5.74) is 5.74. The topological polar surface area (TPSA) is 76.2 Å². The second kappa shape index (κ2) is 5.48. The summed E-state index contributed by atoms with van der Waals surface area (Å²) in [5.74, 6) is -1.10. The molecule has 1 rings (SSSR count). The van der Waals surface area contributed by atoms with E-state index in [0.29, 0.717) is 5.69 Å². The van der Waals surface area contributed by atoms with Crippen LogP contribution < -0.4 is 5.73 Å². The highest BCUT2D eigenvalue weighted by molar-refractivity contribution is 14.1. The maximum absolute atomic E-state index is 12.6. The molecule has 0 bridgehead atoms. The van der Waals surface area contributed by atoms with Crippen LogP contribution >= 0.6 is 22.6 Å². The van der Waals surface area contributed by atoms with Crippen molar-refractivity contribution in [3.63, 3.8) is 0 Å². The van der Waals surface area contributed by atoms with E-state index in [1.165, 1.54) is 0 Å². The van der Waals surface area contributed by atoms with Crippen LogP contribution in [0, 0.1) is 3.57 Å². The summed E-state index contributed by atoms with van der Waals surface area (Å²) in [7, 11) is 0. The maximum atomic E-state index is 12.6. The van der Waals surface area contributed by atoms with Gasteiger partial charge in [-0.1, -0.05) is 0 Å². The van der Waals surface area contributed by atoms with Crippen molar-refractivity contribution in [2.24, 2.45) is 5.73 Å². The molecule has 0 saturated carbocycles. The lowest BCUT2D eigenvalue weighted by atomic mass is 10.1. The monoisotopic (exact) mass is 342 g/mol. The second-order valence-electron chi connectivity index (χ2n) is 3.03. The zero-order valence-electron chi connectivity index (χ0n) is 8.08. The van der Waals surface area contributed by atoms with Gasteiger partial charge >= 0.3 is 5.97 Å². The van der Waals surface area contributed by atoms with E-state index in [1.54, 1.807) is 22.6 Å². The Morgan fingerprint density at radius 1 is 1.62 bits per heavy atom. The predicted molar refractivity (Wildman–Crippen MR) is 61.1 cm³/mol. The summed E-state index contributed by atoms with van der Waals surface area (Å²) < 4.78 is 25.3. The Kier molecular flexibility index (Phi) is 4.54. The molecule has 0 unspecified atom stereocenters. The molecular weight excluding hydrogens is 333 g/mol. The fourth-order valence-corrected chi connectivity index (χ4v) is 2.12. The van der Waals surface area contributed by atoms with Crippen LogP contribution in [0.4, 0.5) is 8.78 Å². The van der Waals surface area contributed by atoms with Crippen LogP contribution in [-0.2, 0) is 17.8 Å². The zero-order chi connectivity index (χ0) is 12.3. The number of carboxylic acids is 1. The van der Waals surface area contributed by atoms with Gasteiger partial charge in [-0.25, -0.2) is 8.78 Å². The molecule has 0 fully saturated rings. The van der Waals surface area contributed by atoms with Crippen LogP contribution in [-0.4, -0.2) is 16.1 Å². The van der Waals surface area contributed by atoms with E-state index in [-0.39, 0.29) is 27.7 Å². The van der Waals surface area contributed by atoms with E-state index in [1.807, 2.05) is 0 Å². The van der Waals surface area contributed by atoms with Gasteiger partial charge in [0.2, 0.25) is 0 Å². The molecule has 1 aromatic heterocycles.